The molecule has 0 unspecified atom stereocenters. The van der Waals surface area contributed by atoms with Crippen molar-refractivity contribution in [3.05, 3.63) is 34.9 Å². The summed E-state index contributed by atoms with van der Waals surface area (Å²) in [5, 5.41) is 3.22. The highest BCUT2D eigenvalue weighted by Crippen LogP contribution is 2.14. The molecule has 0 aliphatic carbocycles. The van der Waals surface area contributed by atoms with Crippen LogP contribution < -0.4 is 5.32 Å². The Morgan fingerprint density at radius 3 is 2.59 bits per heavy atom. The number of carbonyl (C=O) groups is 1. The molecule has 0 aromatic heterocycles. The third-order valence-electron chi connectivity index (χ3n) is 3.13. The molecule has 1 N–H and O–H groups in total. The van der Waals surface area contributed by atoms with E-state index in [1.165, 1.54) is 23.8 Å². The third kappa shape index (κ3) is 3.30. The average molecular weight is 235 g/mol. The molecule has 0 aliphatic rings. The van der Waals surface area contributed by atoms with E-state index in [4.69, 9.17) is 4.74 Å². The maximum absolute atomic E-state index is 11.5. The van der Waals surface area contributed by atoms with E-state index in [-0.39, 0.29) is 5.97 Å². The summed E-state index contributed by atoms with van der Waals surface area (Å²) >= 11 is 0. The molecule has 0 saturated heterocycles. The Morgan fingerprint density at radius 1 is 1.35 bits per heavy atom. The summed E-state index contributed by atoms with van der Waals surface area (Å²) in [6.45, 7) is 8.49. The summed E-state index contributed by atoms with van der Waals surface area (Å²) in [5.41, 5.74) is 3.08. The Labute approximate surface area is 103 Å². The van der Waals surface area contributed by atoms with Gasteiger partial charge in [0.15, 0.2) is 0 Å². The fraction of sp³-hybridized carbons (Fsp3) is 0.500. The minimum atomic E-state index is -0.662. The van der Waals surface area contributed by atoms with Crippen LogP contribution >= 0.6 is 0 Å². The topological polar surface area (TPSA) is 38.3 Å². The monoisotopic (exact) mass is 235 g/mol. The lowest BCUT2D eigenvalue weighted by Crippen LogP contribution is -2.47. The van der Waals surface area contributed by atoms with E-state index in [2.05, 4.69) is 31.3 Å². The van der Waals surface area contributed by atoms with Crippen LogP contribution in [0.1, 0.15) is 30.5 Å². The van der Waals surface area contributed by atoms with E-state index >= 15 is 0 Å². The number of aryl methyl sites for hydroxylation is 1. The van der Waals surface area contributed by atoms with Gasteiger partial charge in [-0.25, -0.2) is 0 Å². The lowest BCUT2D eigenvalue weighted by atomic mass is 10.0. The number of nitrogens with one attached hydrogen (secondary N) is 1. The molecule has 1 aromatic rings. The summed E-state index contributed by atoms with van der Waals surface area (Å²) in [5.74, 6) is -0.247. The van der Waals surface area contributed by atoms with Gasteiger partial charge in [-0.3, -0.25) is 10.1 Å². The first-order valence-electron chi connectivity index (χ1n) is 5.77. The SMILES string of the molecule is COC(=O)C(C)(C)NCc1cccc(C)c1C. The number of rotatable bonds is 4. The lowest BCUT2D eigenvalue weighted by Gasteiger charge is -2.23. The molecule has 3 heteroatoms. The van der Waals surface area contributed by atoms with Crippen LogP contribution in [0, 0.1) is 13.8 Å². The van der Waals surface area contributed by atoms with E-state index in [0.717, 1.165) is 0 Å². The van der Waals surface area contributed by atoms with Crippen molar-refractivity contribution in [1.29, 1.82) is 0 Å². The minimum absolute atomic E-state index is 0.247. The van der Waals surface area contributed by atoms with E-state index in [0.29, 0.717) is 6.54 Å². The predicted octanol–water partition coefficient (Wildman–Crippen LogP) is 2.34. The standard InChI is InChI=1S/C14H21NO2/c1-10-7-6-8-12(11(10)2)9-15-14(3,4)13(16)17-5/h6-8,15H,9H2,1-5H3. The maximum atomic E-state index is 11.5. The largest absolute Gasteiger partial charge is 0.468 e. The summed E-state index contributed by atoms with van der Waals surface area (Å²) < 4.78 is 4.76. The second kappa shape index (κ2) is 5.32. The van der Waals surface area contributed by atoms with E-state index in [1.54, 1.807) is 0 Å². The number of methoxy groups -OCH3 is 1. The number of benzene rings is 1. The minimum Gasteiger partial charge on any atom is -0.468 e. The molecule has 0 radical (unpaired) electrons. The number of carbonyl (C=O) groups excluding carboxylic acids is 1. The van der Waals surface area contributed by atoms with Crippen LogP contribution in [0.25, 0.3) is 0 Å². The number of hydrogen-bond donors (Lipinski definition) is 1. The van der Waals surface area contributed by atoms with Gasteiger partial charge >= 0.3 is 5.97 Å². The molecule has 1 rings (SSSR count). The first-order chi connectivity index (χ1) is 7.88. The van der Waals surface area contributed by atoms with Gasteiger partial charge < -0.3 is 4.74 Å². The van der Waals surface area contributed by atoms with Gasteiger partial charge in [0.2, 0.25) is 0 Å². The highest BCUT2D eigenvalue weighted by Gasteiger charge is 2.27. The van der Waals surface area contributed by atoms with Gasteiger partial charge in [0.1, 0.15) is 5.54 Å². The highest BCUT2D eigenvalue weighted by molar-refractivity contribution is 5.79. The Bertz CT molecular complexity index is 411. The molecule has 3 nitrogen and oxygen atoms in total. The van der Waals surface area contributed by atoms with Gasteiger partial charge in [-0.2, -0.15) is 0 Å². The molecular formula is C14H21NO2. The van der Waals surface area contributed by atoms with Crippen molar-refractivity contribution in [3.63, 3.8) is 0 Å². The zero-order valence-corrected chi connectivity index (χ0v) is 11.3. The van der Waals surface area contributed by atoms with Crippen LogP contribution in [0.3, 0.4) is 0 Å². The Hall–Kier alpha value is -1.35. The van der Waals surface area contributed by atoms with Crippen LogP contribution in [0.4, 0.5) is 0 Å². The quantitative estimate of drug-likeness (QED) is 0.814. The smallest absolute Gasteiger partial charge is 0.325 e. The zero-order valence-electron chi connectivity index (χ0n) is 11.3. The molecule has 0 saturated carbocycles. The number of esters is 1. The third-order valence-corrected chi connectivity index (χ3v) is 3.13. The summed E-state index contributed by atoms with van der Waals surface area (Å²) in [4.78, 5) is 11.5. The fourth-order valence-electron chi connectivity index (χ4n) is 1.65. The molecular weight excluding hydrogens is 214 g/mol. The average Bonchev–Trinajstić information content (AvgIpc) is 2.30. The van der Waals surface area contributed by atoms with E-state index in [1.807, 2.05) is 19.9 Å². The summed E-state index contributed by atoms with van der Waals surface area (Å²) in [7, 11) is 1.41. The highest BCUT2D eigenvalue weighted by atomic mass is 16.5. The van der Waals surface area contributed by atoms with Crippen molar-refractivity contribution in [2.75, 3.05) is 7.11 Å². The van der Waals surface area contributed by atoms with Gasteiger partial charge in [-0.1, -0.05) is 18.2 Å². The van der Waals surface area contributed by atoms with Crippen LogP contribution in [-0.4, -0.2) is 18.6 Å². The molecule has 0 aliphatic heterocycles. The van der Waals surface area contributed by atoms with E-state index < -0.39 is 5.54 Å². The first kappa shape index (κ1) is 13.7. The van der Waals surface area contributed by atoms with Gasteiger partial charge in [0, 0.05) is 6.54 Å². The first-order valence-corrected chi connectivity index (χ1v) is 5.77. The summed E-state index contributed by atoms with van der Waals surface area (Å²) in [6.07, 6.45) is 0. The molecule has 1 aromatic carbocycles. The van der Waals surface area contributed by atoms with Crippen LogP contribution in [0.2, 0.25) is 0 Å². The maximum Gasteiger partial charge on any atom is 0.325 e. The van der Waals surface area contributed by atoms with Gasteiger partial charge in [-0.15, -0.1) is 0 Å². The molecule has 0 fully saturated rings. The molecule has 0 atom stereocenters. The molecule has 0 bridgehead atoms. The van der Waals surface area contributed by atoms with Gasteiger partial charge in [0.25, 0.3) is 0 Å². The van der Waals surface area contributed by atoms with Crippen molar-refractivity contribution in [3.8, 4) is 0 Å². The van der Waals surface area contributed by atoms with Crippen LogP contribution in [0.15, 0.2) is 18.2 Å². The van der Waals surface area contributed by atoms with Crippen LogP contribution in [-0.2, 0) is 16.1 Å². The van der Waals surface area contributed by atoms with Crippen molar-refractivity contribution < 1.29 is 9.53 Å². The van der Waals surface area contributed by atoms with Crippen molar-refractivity contribution >= 4 is 5.97 Å². The Kier molecular flexibility index (Phi) is 4.29. The normalized spacial score (nSPS) is 11.4. The van der Waals surface area contributed by atoms with Gasteiger partial charge in [0.05, 0.1) is 7.11 Å². The van der Waals surface area contributed by atoms with E-state index in [9.17, 15) is 4.79 Å². The van der Waals surface area contributed by atoms with Crippen molar-refractivity contribution in [2.45, 2.75) is 39.8 Å². The zero-order chi connectivity index (χ0) is 13.1. The second-order valence-electron chi connectivity index (χ2n) is 4.83. The molecule has 0 amide bonds. The Morgan fingerprint density at radius 2 is 2.00 bits per heavy atom. The molecule has 0 spiro atoms. The van der Waals surface area contributed by atoms with Crippen molar-refractivity contribution in [2.24, 2.45) is 0 Å². The second-order valence-corrected chi connectivity index (χ2v) is 4.83. The fourth-order valence-corrected chi connectivity index (χ4v) is 1.65. The number of hydrogen-bond acceptors (Lipinski definition) is 3. The molecule has 94 valence electrons. The molecule has 0 heterocycles. The molecule has 17 heavy (non-hydrogen) atoms. The van der Waals surface area contributed by atoms with Crippen LogP contribution in [0.5, 0.6) is 0 Å². The van der Waals surface area contributed by atoms with Crippen molar-refractivity contribution in [1.82, 2.24) is 5.32 Å². The number of ether oxygens (including phenoxy) is 1. The predicted molar refractivity (Wildman–Crippen MR) is 68.9 cm³/mol. The summed E-state index contributed by atoms with van der Waals surface area (Å²) in [6, 6.07) is 6.19. The lowest BCUT2D eigenvalue weighted by molar-refractivity contribution is -0.147. The van der Waals surface area contributed by atoms with Gasteiger partial charge in [-0.05, 0) is 44.4 Å². The Balaban J connectivity index is 2.74.